The number of fused-ring (bicyclic) bond motifs is 2. The van der Waals surface area contributed by atoms with Crippen LogP contribution in [0.15, 0.2) is 22.4 Å². The molecule has 0 saturated heterocycles. The molecule has 23 heavy (non-hydrogen) atoms. The number of anilines is 1. The van der Waals surface area contributed by atoms with Crippen molar-refractivity contribution in [1.29, 1.82) is 0 Å². The molecule has 0 radical (unpaired) electrons. The quantitative estimate of drug-likeness (QED) is 0.920. The highest BCUT2D eigenvalue weighted by atomic mass is 32.2. The average molecular weight is 351 g/mol. The van der Waals surface area contributed by atoms with Gasteiger partial charge in [0.15, 0.2) is 0 Å². The molecule has 1 aromatic heterocycles. The maximum Gasteiger partial charge on any atom is 0.271 e. The maximum atomic E-state index is 12.7. The van der Waals surface area contributed by atoms with Gasteiger partial charge in [-0.05, 0) is 24.6 Å². The van der Waals surface area contributed by atoms with Crippen molar-refractivity contribution in [2.45, 2.75) is 30.4 Å². The van der Waals surface area contributed by atoms with Gasteiger partial charge in [-0.1, -0.05) is 6.92 Å². The highest BCUT2D eigenvalue weighted by Crippen LogP contribution is 2.45. The van der Waals surface area contributed by atoms with Crippen molar-refractivity contribution >= 4 is 27.0 Å². The number of aryl methyl sites for hydroxylation is 1. The summed E-state index contributed by atoms with van der Waals surface area (Å²) >= 11 is 1.30. The molecule has 0 saturated carbocycles. The average Bonchev–Trinajstić information content (AvgIpc) is 3.26. The van der Waals surface area contributed by atoms with E-state index in [2.05, 4.69) is 4.72 Å². The lowest BCUT2D eigenvalue weighted by Gasteiger charge is -2.14. The Morgan fingerprint density at radius 2 is 2.04 bits per heavy atom. The first-order valence-corrected chi connectivity index (χ1v) is 9.94. The topological polar surface area (TPSA) is 64.6 Å². The minimum absolute atomic E-state index is 0.331. The highest BCUT2D eigenvalue weighted by molar-refractivity contribution is 7.94. The minimum Gasteiger partial charge on any atom is -0.493 e. The van der Waals surface area contributed by atoms with E-state index in [1.54, 1.807) is 6.07 Å². The number of sulfonamides is 1. The minimum atomic E-state index is -3.61. The van der Waals surface area contributed by atoms with Crippen molar-refractivity contribution in [2.75, 3.05) is 17.9 Å². The van der Waals surface area contributed by atoms with Crippen LogP contribution < -0.4 is 14.2 Å². The molecule has 0 bridgehead atoms. The maximum absolute atomic E-state index is 12.7. The molecule has 0 aliphatic carbocycles. The summed E-state index contributed by atoms with van der Waals surface area (Å²) in [6, 6.07) is 5.49. The zero-order chi connectivity index (χ0) is 16.0. The number of thiophene rings is 1. The van der Waals surface area contributed by atoms with Gasteiger partial charge in [0.2, 0.25) is 0 Å². The molecule has 122 valence electrons. The van der Waals surface area contributed by atoms with E-state index in [-0.39, 0.29) is 0 Å². The number of ether oxygens (including phenoxy) is 2. The SMILES string of the molecule is CCc1ccc(S(=O)(=O)Nc2c3c(cc4c2OCC4)OCC3)s1. The summed E-state index contributed by atoms with van der Waals surface area (Å²) in [5.41, 5.74) is 2.45. The summed E-state index contributed by atoms with van der Waals surface area (Å²) in [6.45, 7) is 3.16. The van der Waals surface area contributed by atoms with Gasteiger partial charge in [-0.2, -0.15) is 0 Å². The van der Waals surface area contributed by atoms with Gasteiger partial charge in [0, 0.05) is 28.8 Å². The molecule has 3 heterocycles. The largest absolute Gasteiger partial charge is 0.493 e. The van der Waals surface area contributed by atoms with Crippen LogP contribution in [-0.2, 0) is 29.3 Å². The lowest BCUT2D eigenvalue weighted by atomic mass is 10.0. The molecule has 2 aromatic rings. The van der Waals surface area contributed by atoms with E-state index in [4.69, 9.17) is 9.47 Å². The van der Waals surface area contributed by atoms with Gasteiger partial charge in [0.05, 0.1) is 18.9 Å². The monoisotopic (exact) mass is 351 g/mol. The van der Waals surface area contributed by atoms with E-state index in [1.807, 2.05) is 19.1 Å². The van der Waals surface area contributed by atoms with Crippen LogP contribution in [0.1, 0.15) is 22.9 Å². The number of benzene rings is 1. The van der Waals surface area contributed by atoms with Crippen molar-refractivity contribution in [3.8, 4) is 11.5 Å². The molecular formula is C16H17NO4S2. The standard InChI is InChI=1S/C16H17NO4S2/c1-2-11-3-4-14(22-11)23(18,19)17-15-12-6-8-20-13(12)9-10-5-7-21-16(10)15/h3-4,9,17H,2,5-8H2,1H3. The van der Waals surface area contributed by atoms with E-state index < -0.39 is 10.0 Å². The second kappa shape index (κ2) is 5.42. The van der Waals surface area contributed by atoms with E-state index >= 15 is 0 Å². The first kappa shape index (κ1) is 14.8. The molecule has 2 aliphatic rings. The third-order valence-electron chi connectivity index (χ3n) is 4.14. The van der Waals surface area contributed by atoms with Crippen molar-refractivity contribution < 1.29 is 17.9 Å². The number of hydrogen-bond donors (Lipinski definition) is 1. The summed E-state index contributed by atoms with van der Waals surface area (Å²) in [4.78, 5) is 1.05. The number of hydrogen-bond acceptors (Lipinski definition) is 5. The van der Waals surface area contributed by atoms with Crippen LogP contribution in [0.2, 0.25) is 0 Å². The van der Waals surface area contributed by atoms with Crippen LogP contribution >= 0.6 is 11.3 Å². The van der Waals surface area contributed by atoms with Gasteiger partial charge in [-0.3, -0.25) is 4.72 Å². The van der Waals surface area contributed by atoms with Gasteiger partial charge in [0.25, 0.3) is 10.0 Å². The zero-order valence-corrected chi connectivity index (χ0v) is 14.4. The Morgan fingerprint density at radius 1 is 1.22 bits per heavy atom. The van der Waals surface area contributed by atoms with E-state index in [1.165, 1.54) is 11.3 Å². The molecule has 0 fully saturated rings. The second-order valence-corrected chi connectivity index (χ2v) is 8.67. The van der Waals surface area contributed by atoms with E-state index in [0.717, 1.165) is 34.6 Å². The summed E-state index contributed by atoms with van der Waals surface area (Å²) in [6.07, 6.45) is 2.29. The van der Waals surface area contributed by atoms with Crippen molar-refractivity contribution in [1.82, 2.24) is 0 Å². The fourth-order valence-corrected chi connectivity index (χ4v) is 5.36. The Balaban J connectivity index is 1.77. The van der Waals surface area contributed by atoms with Crippen LogP contribution in [0.5, 0.6) is 11.5 Å². The molecule has 2 aliphatic heterocycles. The van der Waals surface area contributed by atoms with E-state index in [9.17, 15) is 8.42 Å². The lowest BCUT2D eigenvalue weighted by molar-refractivity contribution is 0.356. The Labute approximate surface area is 139 Å². The van der Waals surface area contributed by atoms with Crippen LogP contribution in [0.4, 0.5) is 5.69 Å². The Morgan fingerprint density at radius 3 is 2.83 bits per heavy atom. The molecule has 0 atom stereocenters. The molecule has 0 amide bonds. The van der Waals surface area contributed by atoms with Crippen molar-refractivity contribution in [3.05, 3.63) is 34.2 Å². The molecule has 0 unspecified atom stereocenters. The van der Waals surface area contributed by atoms with Crippen molar-refractivity contribution in [3.63, 3.8) is 0 Å². The zero-order valence-electron chi connectivity index (χ0n) is 12.7. The normalized spacial score (nSPS) is 15.7. The predicted molar refractivity (Wildman–Crippen MR) is 89.3 cm³/mol. The fraction of sp³-hybridized carbons (Fsp3) is 0.375. The Bertz CT molecular complexity index is 838. The Kier molecular flexibility index (Phi) is 3.50. The smallest absolute Gasteiger partial charge is 0.271 e. The third kappa shape index (κ3) is 2.48. The number of rotatable bonds is 4. The van der Waals surface area contributed by atoms with Gasteiger partial charge in [-0.15, -0.1) is 11.3 Å². The summed E-state index contributed by atoms with van der Waals surface area (Å²) in [7, 11) is -3.61. The number of nitrogens with one attached hydrogen (secondary N) is 1. The highest BCUT2D eigenvalue weighted by Gasteiger charge is 2.29. The van der Waals surface area contributed by atoms with Crippen LogP contribution in [0.25, 0.3) is 0 Å². The van der Waals surface area contributed by atoms with Crippen LogP contribution in [0.3, 0.4) is 0 Å². The second-order valence-electron chi connectivity index (χ2n) is 5.59. The lowest BCUT2D eigenvalue weighted by Crippen LogP contribution is -2.13. The van der Waals surface area contributed by atoms with Gasteiger partial charge < -0.3 is 9.47 Å². The van der Waals surface area contributed by atoms with Crippen LogP contribution in [0, 0.1) is 0 Å². The molecule has 0 spiro atoms. The van der Waals surface area contributed by atoms with Crippen molar-refractivity contribution in [2.24, 2.45) is 0 Å². The molecule has 7 heteroatoms. The fourth-order valence-electron chi connectivity index (χ4n) is 2.97. The van der Waals surface area contributed by atoms with Gasteiger partial charge in [-0.25, -0.2) is 8.42 Å². The van der Waals surface area contributed by atoms with E-state index in [0.29, 0.717) is 35.3 Å². The molecular weight excluding hydrogens is 334 g/mol. The predicted octanol–water partition coefficient (Wildman–Crippen LogP) is 2.98. The summed E-state index contributed by atoms with van der Waals surface area (Å²) < 4.78 is 39.9. The molecule has 1 N–H and O–H groups in total. The van der Waals surface area contributed by atoms with Gasteiger partial charge in [0.1, 0.15) is 15.7 Å². The summed E-state index contributed by atoms with van der Waals surface area (Å²) in [5.74, 6) is 1.43. The van der Waals surface area contributed by atoms with Gasteiger partial charge >= 0.3 is 0 Å². The first-order valence-electron chi connectivity index (χ1n) is 7.64. The molecule has 5 nitrogen and oxygen atoms in total. The molecule has 1 aromatic carbocycles. The third-order valence-corrected chi connectivity index (χ3v) is 7.21. The summed E-state index contributed by atoms with van der Waals surface area (Å²) in [5, 5.41) is 0. The first-order chi connectivity index (χ1) is 11.1. The Hall–Kier alpha value is -1.73. The molecule has 4 rings (SSSR count). The van der Waals surface area contributed by atoms with Crippen LogP contribution in [-0.4, -0.2) is 21.6 Å².